The second-order valence-corrected chi connectivity index (χ2v) is 4.46. The van der Waals surface area contributed by atoms with Crippen molar-refractivity contribution in [3.8, 4) is 0 Å². The van der Waals surface area contributed by atoms with Crippen LogP contribution in [-0.4, -0.2) is 9.97 Å². The zero-order valence-corrected chi connectivity index (χ0v) is 10.1. The Morgan fingerprint density at radius 3 is 2.88 bits per heavy atom. The average Bonchev–Trinajstić information content (AvgIpc) is 2.68. The van der Waals surface area contributed by atoms with E-state index in [0.717, 1.165) is 11.5 Å². The number of nitrogens with one attached hydrogen (secondary N) is 1. The predicted molar refractivity (Wildman–Crippen MR) is 67.5 cm³/mol. The standard InChI is InChI=1S/C11H14N4S/c1-7-5-10(15-11(12)13-7)14-8(2)9-3-4-16-6-9/h3-6,8H,1-2H3,(H3,12,13,14,15). The Bertz CT molecular complexity index is 447. The molecule has 0 saturated carbocycles. The van der Waals surface area contributed by atoms with Gasteiger partial charge in [0, 0.05) is 11.8 Å². The van der Waals surface area contributed by atoms with E-state index >= 15 is 0 Å². The average molecular weight is 234 g/mol. The maximum Gasteiger partial charge on any atom is 0.222 e. The van der Waals surface area contributed by atoms with Gasteiger partial charge in [0.05, 0.1) is 6.04 Å². The highest BCUT2D eigenvalue weighted by Crippen LogP contribution is 2.20. The molecule has 16 heavy (non-hydrogen) atoms. The Morgan fingerprint density at radius 2 is 2.25 bits per heavy atom. The van der Waals surface area contributed by atoms with Crippen molar-refractivity contribution >= 4 is 23.1 Å². The summed E-state index contributed by atoms with van der Waals surface area (Å²) in [5, 5.41) is 7.48. The van der Waals surface area contributed by atoms with E-state index in [1.54, 1.807) is 11.3 Å². The van der Waals surface area contributed by atoms with E-state index in [1.165, 1.54) is 5.56 Å². The lowest BCUT2D eigenvalue weighted by molar-refractivity contribution is 0.876. The van der Waals surface area contributed by atoms with Gasteiger partial charge in [-0.1, -0.05) is 0 Å². The second kappa shape index (κ2) is 4.49. The van der Waals surface area contributed by atoms with Gasteiger partial charge in [0.2, 0.25) is 5.95 Å². The molecule has 0 aliphatic carbocycles. The first-order chi connectivity index (χ1) is 7.65. The number of aromatic nitrogens is 2. The SMILES string of the molecule is Cc1cc(NC(C)c2ccsc2)nc(N)n1. The van der Waals surface area contributed by atoms with Crippen LogP contribution in [0.5, 0.6) is 0 Å². The second-order valence-electron chi connectivity index (χ2n) is 3.68. The lowest BCUT2D eigenvalue weighted by Crippen LogP contribution is -2.09. The van der Waals surface area contributed by atoms with Crippen molar-refractivity contribution in [3.63, 3.8) is 0 Å². The molecule has 2 aromatic heterocycles. The topological polar surface area (TPSA) is 63.8 Å². The van der Waals surface area contributed by atoms with Crippen molar-refractivity contribution in [3.05, 3.63) is 34.2 Å². The Balaban J connectivity index is 2.15. The third-order valence-corrected chi connectivity index (χ3v) is 2.98. The molecule has 0 aliphatic rings. The number of anilines is 2. The molecule has 0 aromatic carbocycles. The molecule has 2 heterocycles. The molecule has 4 nitrogen and oxygen atoms in total. The largest absolute Gasteiger partial charge is 0.368 e. The highest BCUT2D eigenvalue weighted by Gasteiger charge is 2.07. The minimum atomic E-state index is 0.222. The molecule has 0 saturated heterocycles. The fourth-order valence-corrected chi connectivity index (χ4v) is 2.25. The fourth-order valence-electron chi connectivity index (χ4n) is 1.49. The summed E-state index contributed by atoms with van der Waals surface area (Å²) in [5.41, 5.74) is 7.71. The van der Waals surface area contributed by atoms with Gasteiger partial charge in [0.1, 0.15) is 5.82 Å². The lowest BCUT2D eigenvalue weighted by Gasteiger charge is -2.13. The van der Waals surface area contributed by atoms with Crippen LogP contribution in [-0.2, 0) is 0 Å². The number of nitrogens with two attached hydrogens (primary N) is 1. The van der Waals surface area contributed by atoms with Gasteiger partial charge in [0.25, 0.3) is 0 Å². The summed E-state index contributed by atoms with van der Waals surface area (Å²) in [5.74, 6) is 1.07. The highest BCUT2D eigenvalue weighted by molar-refractivity contribution is 7.07. The molecule has 0 bridgehead atoms. The van der Waals surface area contributed by atoms with Crippen LogP contribution in [0.15, 0.2) is 22.9 Å². The van der Waals surface area contributed by atoms with Gasteiger partial charge in [-0.3, -0.25) is 0 Å². The predicted octanol–water partition coefficient (Wildman–Crippen LogP) is 2.60. The van der Waals surface area contributed by atoms with Gasteiger partial charge < -0.3 is 11.1 Å². The molecule has 0 fully saturated rings. The van der Waals surface area contributed by atoms with Crippen LogP contribution >= 0.6 is 11.3 Å². The van der Waals surface area contributed by atoms with E-state index in [-0.39, 0.29) is 6.04 Å². The number of hydrogen-bond acceptors (Lipinski definition) is 5. The van der Waals surface area contributed by atoms with Crippen molar-refractivity contribution in [2.75, 3.05) is 11.1 Å². The minimum Gasteiger partial charge on any atom is -0.368 e. The smallest absolute Gasteiger partial charge is 0.222 e. The molecule has 2 rings (SSSR count). The summed E-state index contributed by atoms with van der Waals surface area (Å²) >= 11 is 1.69. The molecule has 5 heteroatoms. The Kier molecular flexibility index (Phi) is 3.05. The van der Waals surface area contributed by atoms with Gasteiger partial charge in [-0.25, -0.2) is 4.98 Å². The van der Waals surface area contributed by atoms with Crippen LogP contribution in [0.3, 0.4) is 0 Å². The number of rotatable bonds is 3. The molecule has 3 N–H and O–H groups in total. The van der Waals surface area contributed by atoms with Crippen molar-refractivity contribution in [1.82, 2.24) is 9.97 Å². The van der Waals surface area contributed by atoms with Crippen molar-refractivity contribution in [2.45, 2.75) is 19.9 Å². The van der Waals surface area contributed by atoms with Crippen molar-refractivity contribution in [2.24, 2.45) is 0 Å². The fraction of sp³-hybridized carbons (Fsp3) is 0.273. The molecule has 1 atom stereocenters. The molecule has 0 aliphatic heterocycles. The summed E-state index contributed by atoms with van der Waals surface area (Å²) in [7, 11) is 0. The molecule has 2 aromatic rings. The molecule has 0 spiro atoms. The number of nitrogens with zero attached hydrogens (tertiary/aromatic N) is 2. The van der Waals surface area contributed by atoms with Crippen LogP contribution in [0.1, 0.15) is 24.2 Å². The van der Waals surface area contributed by atoms with Gasteiger partial charge in [-0.15, -0.1) is 0 Å². The summed E-state index contributed by atoms with van der Waals surface area (Å²) in [6, 6.07) is 4.21. The third kappa shape index (κ3) is 2.49. The maximum absolute atomic E-state index is 5.59. The molecule has 0 radical (unpaired) electrons. The zero-order chi connectivity index (χ0) is 11.5. The molecule has 84 valence electrons. The van der Waals surface area contributed by atoms with Crippen LogP contribution in [0.2, 0.25) is 0 Å². The Morgan fingerprint density at radius 1 is 1.44 bits per heavy atom. The van der Waals surface area contributed by atoms with E-state index in [2.05, 4.69) is 39.0 Å². The first kappa shape index (κ1) is 10.9. The Labute approximate surface area is 98.6 Å². The van der Waals surface area contributed by atoms with Crippen LogP contribution in [0, 0.1) is 6.92 Å². The molecule has 0 amide bonds. The molecular formula is C11H14N4S. The van der Waals surface area contributed by atoms with Gasteiger partial charge in [-0.05, 0) is 36.2 Å². The summed E-state index contributed by atoms with van der Waals surface area (Å²) < 4.78 is 0. The van der Waals surface area contributed by atoms with Crippen molar-refractivity contribution in [1.29, 1.82) is 0 Å². The van der Waals surface area contributed by atoms with Gasteiger partial charge >= 0.3 is 0 Å². The van der Waals surface area contributed by atoms with Crippen LogP contribution in [0.4, 0.5) is 11.8 Å². The highest BCUT2D eigenvalue weighted by atomic mass is 32.1. The Hall–Kier alpha value is -1.62. The maximum atomic E-state index is 5.59. The van der Waals surface area contributed by atoms with E-state index < -0.39 is 0 Å². The van der Waals surface area contributed by atoms with E-state index in [4.69, 9.17) is 5.73 Å². The number of nitrogen functional groups attached to an aromatic ring is 1. The molecular weight excluding hydrogens is 220 g/mol. The zero-order valence-electron chi connectivity index (χ0n) is 9.27. The minimum absolute atomic E-state index is 0.222. The molecule has 1 unspecified atom stereocenters. The normalized spacial score (nSPS) is 12.4. The quantitative estimate of drug-likeness (QED) is 0.856. The summed E-state index contributed by atoms with van der Waals surface area (Å²) in [6.45, 7) is 3.99. The van der Waals surface area contributed by atoms with Gasteiger partial charge in [0.15, 0.2) is 0 Å². The van der Waals surface area contributed by atoms with E-state index in [1.807, 2.05) is 13.0 Å². The van der Waals surface area contributed by atoms with Gasteiger partial charge in [-0.2, -0.15) is 16.3 Å². The monoisotopic (exact) mass is 234 g/mol. The lowest BCUT2D eigenvalue weighted by atomic mass is 10.2. The summed E-state index contributed by atoms with van der Waals surface area (Å²) in [6.07, 6.45) is 0. The van der Waals surface area contributed by atoms with Crippen LogP contribution in [0.25, 0.3) is 0 Å². The number of thiophene rings is 1. The first-order valence-corrected chi connectivity index (χ1v) is 5.99. The van der Waals surface area contributed by atoms with Crippen molar-refractivity contribution < 1.29 is 0 Å². The number of hydrogen-bond donors (Lipinski definition) is 2. The summed E-state index contributed by atoms with van der Waals surface area (Å²) in [4.78, 5) is 8.18. The van der Waals surface area contributed by atoms with E-state index in [0.29, 0.717) is 5.95 Å². The van der Waals surface area contributed by atoms with E-state index in [9.17, 15) is 0 Å². The first-order valence-electron chi connectivity index (χ1n) is 5.05. The van der Waals surface area contributed by atoms with Crippen LogP contribution < -0.4 is 11.1 Å². The third-order valence-electron chi connectivity index (χ3n) is 2.28. The number of aryl methyl sites for hydroxylation is 1.